The predicted octanol–water partition coefficient (Wildman–Crippen LogP) is 2.76. The number of nitrogens with one attached hydrogen (secondary N) is 2. The molecular weight excluding hydrogens is 338 g/mol. The van der Waals surface area contributed by atoms with E-state index in [4.69, 9.17) is 0 Å². The largest absolute Gasteiger partial charge is 0.508 e. The maximum Gasteiger partial charge on any atom is 0.257 e. The van der Waals surface area contributed by atoms with Gasteiger partial charge >= 0.3 is 0 Å². The molecule has 0 saturated heterocycles. The first kappa shape index (κ1) is 16.0. The minimum Gasteiger partial charge on any atom is -0.508 e. The molecular formula is C18H17N3O3S. The number of aromatic amines is 1. The maximum atomic E-state index is 12.7. The van der Waals surface area contributed by atoms with Crippen molar-refractivity contribution in [3.05, 3.63) is 57.0 Å². The number of phenols is 1. The third kappa shape index (κ3) is 2.64. The van der Waals surface area contributed by atoms with Crippen molar-refractivity contribution in [2.45, 2.75) is 30.3 Å². The van der Waals surface area contributed by atoms with Crippen LogP contribution in [-0.4, -0.2) is 27.1 Å². The molecule has 1 aliphatic carbocycles. The van der Waals surface area contributed by atoms with Gasteiger partial charge in [-0.1, -0.05) is 23.9 Å². The Morgan fingerprint density at radius 1 is 1.20 bits per heavy atom. The highest BCUT2D eigenvalue weighted by Gasteiger charge is 2.37. The van der Waals surface area contributed by atoms with Gasteiger partial charge < -0.3 is 15.4 Å². The average Bonchev–Trinajstić information content (AvgIpc) is 2.61. The average molecular weight is 355 g/mol. The number of aromatic nitrogens is 2. The summed E-state index contributed by atoms with van der Waals surface area (Å²) in [6.45, 7) is 0. The highest BCUT2D eigenvalue weighted by atomic mass is 32.2. The van der Waals surface area contributed by atoms with E-state index in [1.165, 1.54) is 11.8 Å². The summed E-state index contributed by atoms with van der Waals surface area (Å²) in [4.78, 5) is 32.7. The van der Waals surface area contributed by atoms with Crippen molar-refractivity contribution in [3.63, 3.8) is 0 Å². The van der Waals surface area contributed by atoms with Crippen LogP contribution < -0.4 is 10.9 Å². The lowest BCUT2D eigenvalue weighted by Gasteiger charge is -2.32. The number of nitrogens with zero attached hydrogens (tertiary/aromatic N) is 1. The fraction of sp³-hybridized carbons (Fsp3) is 0.278. The number of H-pyrrole nitrogens is 1. The van der Waals surface area contributed by atoms with E-state index >= 15 is 0 Å². The molecule has 1 aromatic carbocycles. The molecule has 1 aromatic heterocycles. The van der Waals surface area contributed by atoms with Crippen molar-refractivity contribution < 1.29 is 9.90 Å². The summed E-state index contributed by atoms with van der Waals surface area (Å²) < 4.78 is 0. The Hall–Kier alpha value is -2.54. The molecule has 4 rings (SSSR count). The number of Topliss-reactive ketones (excluding diaryl/α,β-unsaturated/α-hetero) is 1. The van der Waals surface area contributed by atoms with Gasteiger partial charge in [-0.3, -0.25) is 9.59 Å². The molecule has 2 aliphatic rings. The number of thioether (sulfide) groups is 1. The number of benzene rings is 1. The fourth-order valence-corrected chi connectivity index (χ4v) is 3.91. The van der Waals surface area contributed by atoms with Crippen LogP contribution in [-0.2, 0) is 4.79 Å². The molecule has 0 saturated carbocycles. The van der Waals surface area contributed by atoms with Gasteiger partial charge in [-0.25, -0.2) is 4.98 Å². The minimum atomic E-state index is -0.466. The Labute approximate surface area is 148 Å². The van der Waals surface area contributed by atoms with Gasteiger partial charge in [-0.15, -0.1) is 0 Å². The molecule has 25 heavy (non-hydrogen) atoms. The quantitative estimate of drug-likeness (QED) is 0.566. The number of carbonyl (C=O) groups is 1. The second-order valence-corrected chi connectivity index (χ2v) is 6.95. The molecule has 0 unspecified atom stereocenters. The number of hydrogen-bond acceptors (Lipinski definition) is 6. The van der Waals surface area contributed by atoms with Crippen LogP contribution in [0.3, 0.4) is 0 Å². The Balaban J connectivity index is 1.98. The molecule has 7 heteroatoms. The number of anilines is 1. The zero-order valence-corrected chi connectivity index (χ0v) is 14.4. The maximum absolute atomic E-state index is 12.7. The van der Waals surface area contributed by atoms with Crippen LogP contribution in [0.5, 0.6) is 5.75 Å². The molecule has 6 nitrogen and oxygen atoms in total. The third-order valence-electron chi connectivity index (χ3n) is 4.66. The first-order chi connectivity index (χ1) is 12.1. The van der Waals surface area contributed by atoms with Crippen LogP contribution in [0.2, 0.25) is 0 Å². The van der Waals surface area contributed by atoms with Crippen molar-refractivity contribution in [2.75, 3.05) is 11.6 Å². The summed E-state index contributed by atoms with van der Waals surface area (Å²) in [5.41, 5.74) is 2.51. The van der Waals surface area contributed by atoms with Crippen LogP contribution in [0.25, 0.3) is 0 Å². The van der Waals surface area contributed by atoms with Crippen LogP contribution in [0, 0.1) is 0 Å². The molecule has 0 spiro atoms. The second-order valence-electron chi connectivity index (χ2n) is 6.16. The van der Waals surface area contributed by atoms with Crippen molar-refractivity contribution >= 4 is 23.4 Å². The van der Waals surface area contributed by atoms with Gasteiger partial charge in [0.05, 0.1) is 5.56 Å². The molecule has 3 N–H and O–H groups in total. The number of fused-ring (bicyclic) bond motifs is 1. The molecule has 1 aliphatic heterocycles. The van der Waals surface area contributed by atoms with Gasteiger partial charge in [0, 0.05) is 23.6 Å². The predicted molar refractivity (Wildman–Crippen MR) is 96.1 cm³/mol. The molecule has 2 aromatic rings. The van der Waals surface area contributed by atoms with Crippen molar-refractivity contribution in [1.29, 1.82) is 0 Å². The van der Waals surface area contributed by atoms with Gasteiger partial charge in [0.2, 0.25) is 0 Å². The summed E-state index contributed by atoms with van der Waals surface area (Å²) in [6, 6.07) is 6.65. The number of ketones is 1. The van der Waals surface area contributed by atoms with E-state index in [2.05, 4.69) is 15.3 Å². The van der Waals surface area contributed by atoms with E-state index in [1.807, 2.05) is 6.26 Å². The van der Waals surface area contributed by atoms with E-state index in [-0.39, 0.29) is 17.1 Å². The van der Waals surface area contributed by atoms with E-state index in [9.17, 15) is 14.7 Å². The summed E-state index contributed by atoms with van der Waals surface area (Å²) in [7, 11) is 0. The summed E-state index contributed by atoms with van der Waals surface area (Å²) in [5.74, 6) is 0.254. The van der Waals surface area contributed by atoms with E-state index in [1.54, 1.807) is 24.3 Å². The SMILES string of the molecule is CSc1nc2c(c(=O)[nH]1)[C@H](c1ccc(O)cc1)C1=C(CCCC1=O)N2. The second kappa shape index (κ2) is 6.07. The van der Waals surface area contributed by atoms with Crippen molar-refractivity contribution in [1.82, 2.24) is 9.97 Å². The number of allylic oxidation sites excluding steroid dienone is 2. The lowest BCUT2D eigenvalue weighted by molar-refractivity contribution is -0.116. The molecule has 2 heterocycles. The number of aromatic hydroxyl groups is 1. The zero-order valence-electron chi connectivity index (χ0n) is 13.6. The lowest BCUT2D eigenvalue weighted by Crippen LogP contribution is -2.32. The van der Waals surface area contributed by atoms with Crippen LogP contribution in [0.15, 0.2) is 45.5 Å². The lowest BCUT2D eigenvalue weighted by atomic mass is 9.76. The summed E-state index contributed by atoms with van der Waals surface area (Å²) >= 11 is 1.36. The highest BCUT2D eigenvalue weighted by Crippen LogP contribution is 2.43. The first-order valence-electron chi connectivity index (χ1n) is 8.09. The molecule has 0 amide bonds. The number of phenolic OH excluding ortho intramolecular Hbond substituents is 1. The number of rotatable bonds is 2. The number of hydrogen-bond donors (Lipinski definition) is 3. The normalized spacial score (nSPS) is 19.2. The molecule has 0 bridgehead atoms. The Bertz CT molecular complexity index is 947. The highest BCUT2D eigenvalue weighted by molar-refractivity contribution is 7.98. The smallest absolute Gasteiger partial charge is 0.257 e. The van der Waals surface area contributed by atoms with Gasteiger partial charge in [0.25, 0.3) is 5.56 Å². The number of carbonyl (C=O) groups excluding carboxylic acids is 1. The van der Waals surface area contributed by atoms with Gasteiger partial charge in [0.1, 0.15) is 11.6 Å². The Morgan fingerprint density at radius 2 is 1.96 bits per heavy atom. The summed E-state index contributed by atoms with van der Waals surface area (Å²) in [6.07, 6.45) is 3.89. The van der Waals surface area contributed by atoms with Gasteiger partial charge in [0.15, 0.2) is 10.9 Å². The standard InChI is InChI=1S/C18H17N3O3S/c1-25-18-20-16-15(17(24)21-18)13(9-5-7-10(22)8-6-9)14-11(19-16)3-2-4-12(14)23/h5-8,13,22H,2-4H2,1H3,(H2,19,20,21,24)/t13-/m1/s1. The molecule has 1 atom stereocenters. The Morgan fingerprint density at radius 3 is 2.68 bits per heavy atom. The minimum absolute atomic E-state index is 0.0609. The Kier molecular flexibility index (Phi) is 3.88. The topological polar surface area (TPSA) is 95.1 Å². The molecule has 128 valence electrons. The van der Waals surface area contributed by atoms with Crippen LogP contribution in [0.4, 0.5) is 5.82 Å². The molecule has 0 fully saturated rings. The van der Waals surface area contributed by atoms with Gasteiger partial charge in [-0.05, 0) is 36.8 Å². The first-order valence-corrected chi connectivity index (χ1v) is 9.31. The fourth-order valence-electron chi connectivity index (χ4n) is 3.54. The van der Waals surface area contributed by atoms with Gasteiger partial charge in [-0.2, -0.15) is 0 Å². The van der Waals surface area contributed by atoms with E-state index in [0.29, 0.717) is 28.5 Å². The van der Waals surface area contributed by atoms with Crippen LogP contribution in [0.1, 0.15) is 36.3 Å². The van der Waals surface area contributed by atoms with E-state index in [0.717, 1.165) is 24.1 Å². The third-order valence-corrected chi connectivity index (χ3v) is 5.24. The van der Waals surface area contributed by atoms with Crippen LogP contribution >= 0.6 is 11.8 Å². The monoisotopic (exact) mass is 355 g/mol. The molecule has 0 radical (unpaired) electrons. The summed E-state index contributed by atoms with van der Waals surface area (Å²) in [5, 5.41) is 13.3. The van der Waals surface area contributed by atoms with Crippen molar-refractivity contribution in [3.8, 4) is 5.75 Å². The van der Waals surface area contributed by atoms with E-state index < -0.39 is 5.92 Å². The zero-order chi connectivity index (χ0) is 17.6. The van der Waals surface area contributed by atoms with Crippen molar-refractivity contribution in [2.24, 2.45) is 0 Å².